The van der Waals surface area contributed by atoms with Gasteiger partial charge in [0.2, 0.25) is 0 Å². The van der Waals surface area contributed by atoms with Crippen LogP contribution in [0.5, 0.6) is 0 Å². The fourth-order valence-corrected chi connectivity index (χ4v) is 2.54. The Balaban J connectivity index is 2.33. The average molecular weight is 266 g/mol. The van der Waals surface area contributed by atoms with Gasteiger partial charge in [-0.1, -0.05) is 43.3 Å². The third-order valence-corrected chi connectivity index (χ3v) is 3.63. The molecule has 0 aliphatic carbocycles. The van der Waals surface area contributed by atoms with Crippen molar-refractivity contribution in [3.05, 3.63) is 59.9 Å². The summed E-state index contributed by atoms with van der Waals surface area (Å²) in [5.74, 6) is 0. The van der Waals surface area contributed by atoms with Gasteiger partial charge in [0.15, 0.2) is 0 Å². The Bertz CT molecular complexity index is 731. The van der Waals surface area contributed by atoms with Gasteiger partial charge in [-0.2, -0.15) is 0 Å². The molecule has 0 saturated heterocycles. The summed E-state index contributed by atoms with van der Waals surface area (Å²) < 4.78 is 2.01. The maximum absolute atomic E-state index is 10.4. The van der Waals surface area contributed by atoms with Crippen molar-refractivity contribution in [3.8, 4) is 11.3 Å². The van der Waals surface area contributed by atoms with Crippen molar-refractivity contribution in [2.24, 2.45) is 0 Å². The van der Waals surface area contributed by atoms with Gasteiger partial charge in [-0.05, 0) is 25.0 Å². The third kappa shape index (κ3) is 2.00. The van der Waals surface area contributed by atoms with Crippen molar-refractivity contribution in [1.82, 2.24) is 9.38 Å². The Hall–Kier alpha value is -2.13. The van der Waals surface area contributed by atoms with Crippen molar-refractivity contribution in [1.29, 1.82) is 0 Å². The molecule has 3 nitrogen and oxygen atoms in total. The van der Waals surface area contributed by atoms with E-state index in [1.807, 2.05) is 66.9 Å². The Kier molecular flexibility index (Phi) is 3.28. The number of rotatable bonds is 3. The molecule has 1 atom stereocenters. The average Bonchev–Trinajstić information content (AvgIpc) is 2.88. The molecule has 2 heterocycles. The largest absolute Gasteiger partial charge is 0.387 e. The summed E-state index contributed by atoms with van der Waals surface area (Å²) in [5, 5.41) is 10.4. The van der Waals surface area contributed by atoms with Crippen molar-refractivity contribution >= 4 is 5.65 Å². The van der Waals surface area contributed by atoms with E-state index in [4.69, 9.17) is 4.98 Å². The van der Waals surface area contributed by atoms with Crippen molar-refractivity contribution in [2.45, 2.75) is 26.4 Å². The molecule has 0 spiro atoms. The maximum atomic E-state index is 10.4. The van der Waals surface area contributed by atoms with Gasteiger partial charge in [-0.25, -0.2) is 4.98 Å². The molecule has 1 unspecified atom stereocenters. The number of aliphatic hydroxyl groups is 1. The van der Waals surface area contributed by atoms with Gasteiger partial charge in [0, 0.05) is 11.8 Å². The Morgan fingerprint density at radius 3 is 2.60 bits per heavy atom. The van der Waals surface area contributed by atoms with E-state index in [9.17, 15) is 5.11 Å². The van der Waals surface area contributed by atoms with Gasteiger partial charge >= 0.3 is 0 Å². The summed E-state index contributed by atoms with van der Waals surface area (Å²) in [7, 11) is 0. The number of hydrogen-bond acceptors (Lipinski definition) is 2. The Labute approximate surface area is 118 Å². The number of hydrogen-bond donors (Lipinski definition) is 1. The summed E-state index contributed by atoms with van der Waals surface area (Å²) in [6, 6.07) is 14.1. The van der Waals surface area contributed by atoms with Crippen molar-refractivity contribution in [2.75, 3.05) is 0 Å². The van der Waals surface area contributed by atoms with E-state index in [0.29, 0.717) is 6.42 Å². The number of aromatic nitrogens is 2. The van der Waals surface area contributed by atoms with E-state index in [-0.39, 0.29) is 0 Å². The summed E-state index contributed by atoms with van der Waals surface area (Å²) in [5.41, 5.74) is 4.80. The van der Waals surface area contributed by atoms with Gasteiger partial charge in [-0.3, -0.25) is 0 Å². The summed E-state index contributed by atoms with van der Waals surface area (Å²) in [6.07, 6.45) is 2.12. The molecule has 102 valence electrons. The lowest BCUT2D eigenvalue weighted by Gasteiger charge is -2.10. The minimum atomic E-state index is -0.512. The molecule has 0 aliphatic heterocycles. The second-order valence-electron chi connectivity index (χ2n) is 5.02. The summed E-state index contributed by atoms with van der Waals surface area (Å²) >= 11 is 0. The van der Waals surface area contributed by atoms with Crippen LogP contribution in [-0.4, -0.2) is 14.5 Å². The molecule has 0 bridgehead atoms. The fraction of sp³-hybridized carbons (Fsp3) is 0.235. The van der Waals surface area contributed by atoms with Crippen LogP contribution in [0, 0.1) is 6.92 Å². The van der Waals surface area contributed by atoms with Gasteiger partial charge in [0.1, 0.15) is 5.65 Å². The second-order valence-corrected chi connectivity index (χ2v) is 5.02. The van der Waals surface area contributed by atoms with Crippen LogP contribution in [0.25, 0.3) is 16.9 Å². The number of fused-ring (bicyclic) bond motifs is 1. The number of aliphatic hydroxyl groups excluding tert-OH is 1. The first kappa shape index (κ1) is 12.9. The van der Waals surface area contributed by atoms with Crippen LogP contribution in [0.2, 0.25) is 0 Å². The molecule has 0 radical (unpaired) electrons. The van der Waals surface area contributed by atoms with Crippen LogP contribution in [0.15, 0.2) is 48.7 Å². The molecule has 1 aromatic carbocycles. The molecule has 0 saturated carbocycles. The number of benzene rings is 1. The zero-order chi connectivity index (χ0) is 14.1. The normalized spacial score (nSPS) is 12.8. The van der Waals surface area contributed by atoms with Crippen LogP contribution in [0.1, 0.15) is 30.7 Å². The van der Waals surface area contributed by atoms with Crippen LogP contribution >= 0.6 is 0 Å². The fourth-order valence-electron chi connectivity index (χ4n) is 2.54. The molecule has 0 fully saturated rings. The van der Waals surface area contributed by atoms with E-state index in [1.54, 1.807) is 0 Å². The molecule has 0 amide bonds. The first-order valence-corrected chi connectivity index (χ1v) is 6.93. The highest BCUT2D eigenvalue weighted by Gasteiger charge is 2.20. The molecule has 0 aliphatic rings. The lowest BCUT2D eigenvalue weighted by Crippen LogP contribution is -2.02. The highest BCUT2D eigenvalue weighted by atomic mass is 16.3. The SMILES string of the molecule is CCC(O)c1c(-c2ccccc2)nc2c(C)cccn12. The molecule has 2 aromatic heterocycles. The predicted octanol–water partition coefficient (Wildman–Crippen LogP) is 3.75. The lowest BCUT2D eigenvalue weighted by atomic mass is 10.1. The van der Waals surface area contributed by atoms with Gasteiger partial charge in [0.25, 0.3) is 0 Å². The molecule has 3 heteroatoms. The molecular weight excluding hydrogens is 248 g/mol. The zero-order valence-corrected chi connectivity index (χ0v) is 11.7. The first-order valence-electron chi connectivity index (χ1n) is 6.93. The van der Waals surface area contributed by atoms with Crippen LogP contribution in [-0.2, 0) is 0 Å². The van der Waals surface area contributed by atoms with E-state index < -0.39 is 6.10 Å². The summed E-state index contributed by atoms with van der Waals surface area (Å²) in [4.78, 5) is 4.75. The van der Waals surface area contributed by atoms with Gasteiger partial charge in [-0.15, -0.1) is 0 Å². The van der Waals surface area contributed by atoms with Gasteiger partial charge < -0.3 is 9.51 Å². The predicted molar refractivity (Wildman–Crippen MR) is 80.6 cm³/mol. The molecular formula is C17H18N2O. The highest BCUT2D eigenvalue weighted by Crippen LogP contribution is 2.31. The third-order valence-electron chi connectivity index (χ3n) is 3.63. The second kappa shape index (κ2) is 5.10. The molecule has 3 rings (SSSR count). The van der Waals surface area contributed by atoms with Crippen LogP contribution in [0.3, 0.4) is 0 Å². The zero-order valence-electron chi connectivity index (χ0n) is 11.7. The van der Waals surface area contributed by atoms with Crippen LogP contribution < -0.4 is 0 Å². The van der Waals surface area contributed by atoms with E-state index in [2.05, 4.69) is 0 Å². The standard InChI is InChI=1S/C17H18N2O/c1-3-14(20)16-15(13-9-5-4-6-10-13)18-17-12(2)8-7-11-19(16)17/h4-11,14,20H,3H2,1-2H3. The first-order chi connectivity index (χ1) is 9.72. The monoisotopic (exact) mass is 266 g/mol. The van der Waals surface area contributed by atoms with Crippen molar-refractivity contribution < 1.29 is 5.11 Å². The minimum Gasteiger partial charge on any atom is -0.387 e. The Morgan fingerprint density at radius 1 is 1.15 bits per heavy atom. The number of aryl methyl sites for hydroxylation is 1. The summed E-state index contributed by atoms with van der Waals surface area (Å²) in [6.45, 7) is 4.02. The quantitative estimate of drug-likeness (QED) is 0.784. The van der Waals surface area contributed by atoms with E-state index in [0.717, 1.165) is 28.2 Å². The molecule has 1 N–H and O–H groups in total. The highest BCUT2D eigenvalue weighted by molar-refractivity contribution is 5.68. The maximum Gasteiger partial charge on any atom is 0.140 e. The minimum absolute atomic E-state index is 0.512. The number of nitrogens with zero attached hydrogens (tertiary/aromatic N) is 2. The molecule has 3 aromatic rings. The topological polar surface area (TPSA) is 37.5 Å². The number of imidazole rings is 1. The molecule has 20 heavy (non-hydrogen) atoms. The number of pyridine rings is 1. The van der Waals surface area contributed by atoms with E-state index >= 15 is 0 Å². The van der Waals surface area contributed by atoms with Crippen LogP contribution in [0.4, 0.5) is 0 Å². The lowest BCUT2D eigenvalue weighted by molar-refractivity contribution is 0.168. The van der Waals surface area contributed by atoms with Crippen molar-refractivity contribution in [3.63, 3.8) is 0 Å². The smallest absolute Gasteiger partial charge is 0.140 e. The van der Waals surface area contributed by atoms with Gasteiger partial charge in [0.05, 0.1) is 17.5 Å². The van der Waals surface area contributed by atoms with E-state index in [1.165, 1.54) is 0 Å². The Morgan fingerprint density at radius 2 is 1.90 bits per heavy atom.